The Morgan fingerprint density at radius 2 is 1.86 bits per heavy atom. The zero-order valence-corrected chi connectivity index (χ0v) is 12.6. The Bertz CT molecular complexity index is 464. The molecule has 3 fully saturated rings. The van der Waals surface area contributed by atoms with E-state index in [1.165, 1.54) is 12.0 Å². The van der Waals surface area contributed by atoms with E-state index in [0.717, 1.165) is 51.4 Å². The van der Waals surface area contributed by atoms with Crippen molar-refractivity contribution in [1.82, 2.24) is 5.32 Å². The zero-order chi connectivity index (χ0) is 14.1. The van der Waals surface area contributed by atoms with Crippen LogP contribution in [0.1, 0.15) is 43.6 Å². The molecule has 3 nitrogen and oxygen atoms in total. The first-order valence-electron chi connectivity index (χ1n) is 8.37. The van der Waals surface area contributed by atoms with Crippen LogP contribution in [-0.2, 0) is 9.47 Å². The van der Waals surface area contributed by atoms with Gasteiger partial charge in [-0.15, -0.1) is 0 Å². The Balaban J connectivity index is 1.33. The smallest absolute Gasteiger partial charge is 0.0741 e. The number of hydrogen-bond acceptors (Lipinski definition) is 3. The van der Waals surface area contributed by atoms with Gasteiger partial charge in [0.05, 0.1) is 5.60 Å². The zero-order valence-electron chi connectivity index (χ0n) is 12.6. The van der Waals surface area contributed by atoms with Crippen molar-refractivity contribution in [3.05, 3.63) is 35.9 Å². The lowest BCUT2D eigenvalue weighted by atomic mass is 9.84. The summed E-state index contributed by atoms with van der Waals surface area (Å²) >= 11 is 0. The quantitative estimate of drug-likeness (QED) is 0.927. The molecule has 1 saturated carbocycles. The third-order valence-electron chi connectivity index (χ3n) is 5.36. The maximum absolute atomic E-state index is 6.13. The SMILES string of the molecule is c1ccc(C2CC2NC2CCOC3(CCOCC3)C2)cc1. The summed E-state index contributed by atoms with van der Waals surface area (Å²) in [5.41, 5.74) is 1.59. The predicted molar refractivity (Wildman–Crippen MR) is 82.5 cm³/mol. The Hall–Kier alpha value is -0.900. The van der Waals surface area contributed by atoms with Crippen molar-refractivity contribution in [3.8, 4) is 0 Å². The van der Waals surface area contributed by atoms with Gasteiger partial charge in [0.1, 0.15) is 0 Å². The maximum Gasteiger partial charge on any atom is 0.0741 e. The summed E-state index contributed by atoms with van der Waals surface area (Å²) < 4.78 is 11.6. The Morgan fingerprint density at radius 1 is 1.05 bits per heavy atom. The lowest BCUT2D eigenvalue weighted by Gasteiger charge is -2.43. The first-order valence-corrected chi connectivity index (χ1v) is 8.37. The van der Waals surface area contributed by atoms with Crippen molar-refractivity contribution in [2.45, 2.75) is 55.7 Å². The topological polar surface area (TPSA) is 30.5 Å². The van der Waals surface area contributed by atoms with E-state index >= 15 is 0 Å². The molecule has 3 unspecified atom stereocenters. The van der Waals surface area contributed by atoms with Gasteiger partial charge in [-0.05, 0) is 37.7 Å². The molecule has 2 heterocycles. The second-order valence-electron chi connectivity index (χ2n) is 6.86. The number of ether oxygens (including phenoxy) is 2. The van der Waals surface area contributed by atoms with Crippen molar-refractivity contribution in [2.24, 2.45) is 0 Å². The highest BCUT2D eigenvalue weighted by atomic mass is 16.5. The molecule has 1 spiro atoms. The van der Waals surface area contributed by atoms with E-state index in [2.05, 4.69) is 35.6 Å². The fourth-order valence-corrected chi connectivity index (χ4v) is 4.01. The van der Waals surface area contributed by atoms with E-state index in [4.69, 9.17) is 9.47 Å². The highest BCUT2D eigenvalue weighted by Crippen LogP contribution is 2.42. The fourth-order valence-electron chi connectivity index (χ4n) is 4.01. The molecule has 0 radical (unpaired) electrons. The average molecular weight is 287 g/mol. The monoisotopic (exact) mass is 287 g/mol. The molecule has 2 saturated heterocycles. The van der Waals surface area contributed by atoms with Crippen molar-refractivity contribution in [1.29, 1.82) is 0 Å². The molecule has 3 heteroatoms. The predicted octanol–water partition coefficient (Wildman–Crippen LogP) is 2.86. The van der Waals surface area contributed by atoms with Gasteiger partial charge in [0.15, 0.2) is 0 Å². The molecular formula is C18H25NO2. The van der Waals surface area contributed by atoms with Crippen LogP contribution in [0.2, 0.25) is 0 Å². The average Bonchev–Trinajstić information content (AvgIpc) is 3.28. The van der Waals surface area contributed by atoms with E-state index in [1.807, 2.05) is 0 Å². The molecular weight excluding hydrogens is 262 g/mol. The molecule has 0 aromatic heterocycles. The highest BCUT2D eigenvalue weighted by Gasteiger charge is 2.43. The number of hydrogen-bond donors (Lipinski definition) is 1. The van der Waals surface area contributed by atoms with Gasteiger partial charge in [0.2, 0.25) is 0 Å². The van der Waals surface area contributed by atoms with Crippen LogP contribution < -0.4 is 5.32 Å². The lowest BCUT2D eigenvalue weighted by molar-refractivity contribution is -0.140. The minimum atomic E-state index is 0.102. The molecule has 21 heavy (non-hydrogen) atoms. The van der Waals surface area contributed by atoms with Crippen LogP contribution in [0.4, 0.5) is 0 Å². The Labute approximate surface area is 127 Å². The highest BCUT2D eigenvalue weighted by molar-refractivity contribution is 5.27. The van der Waals surface area contributed by atoms with Gasteiger partial charge in [-0.2, -0.15) is 0 Å². The summed E-state index contributed by atoms with van der Waals surface area (Å²) in [6, 6.07) is 12.2. The van der Waals surface area contributed by atoms with E-state index in [-0.39, 0.29) is 5.60 Å². The molecule has 1 N–H and O–H groups in total. The summed E-state index contributed by atoms with van der Waals surface area (Å²) in [4.78, 5) is 0. The lowest BCUT2D eigenvalue weighted by Crippen LogP contribution is -2.50. The summed E-state index contributed by atoms with van der Waals surface area (Å²) in [6.07, 6.45) is 5.74. The van der Waals surface area contributed by atoms with E-state index in [0.29, 0.717) is 12.1 Å². The summed E-state index contributed by atoms with van der Waals surface area (Å²) in [5.74, 6) is 0.722. The van der Waals surface area contributed by atoms with Gasteiger partial charge in [-0.1, -0.05) is 30.3 Å². The molecule has 1 aromatic rings. The summed E-state index contributed by atoms with van der Waals surface area (Å²) in [6.45, 7) is 2.63. The van der Waals surface area contributed by atoms with E-state index in [9.17, 15) is 0 Å². The Kier molecular flexibility index (Phi) is 3.74. The Morgan fingerprint density at radius 3 is 2.67 bits per heavy atom. The fraction of sp³-hybridized carbons (Fsp3) is 0.667. The molecule has 3 aliphatic rings. The van der Waals surface area contributed by atoms with Crippen LogP contribution >= 0.6 is 0 Å². The van der Waals surface area contributed by atoms with Crippen LogP contribution in [-0.4, -0.2) is 37.5 Å². The molecule has 114 valence electrons. The van der Waals surface area contributed by atoms with Crippen LogP contribution in [0.3, 0.4) is 0 Å². The van der Waals surface area contributed by atoms with Gasteiger partial charge in [-0.3, -0.25) is 0 Å². The maximum atomic E-state index is 6.13. The molecule has 2 aliphatic heterocycles. The third kappa shape index (κ3) is 3.01. The van der Waals surface area contributed by atoms with Crippen molar-refractivity contribution < 1.29 is 9.47 Å². The number of rotatable bonds is 3. The van der Waals surface area contributed by atoms with Gasteiger partial charge in [0, 0.05) is 37.8 Å². The molecule has 4 rings (SSSR count). The second-order valence-corrected chi connectivity index (χ2v) is 6.86. The van der Waals surface area contributed by atoms with Crippen LogP contribution in [0.15, 0.2) is 30.3 Å². The van der Waals surface area contributed by atoms with Gasteiger partial charge in [0.25, 0.3) is 0 Å². The van der Waals surface area contributed by atoms with Crippen LogP contribution in [0.25, 0.3) is 0 Å². The van der Waals surface area contributed by atoms with Gasteiger partial charge in [-0.25, -0.2) is 0 Å². The first kappa shape index (κ1) is 13.7. The molecule has 0 amide bonds. The normalized spacial score (nSPS) is 34.8. The third-order valence-corrected chi connectivity index (χ3v) is 5.36. The number of nitrogens with one attached hydrogen (secondary N) is 1. The van der Waals surface area contributed by atoms with E-state index in [1.54, 1.807) is 0 Å². The minimum absolute atomic E-state index is 0.102. The molecule has 3 atom stereocenters. The molecule has 0 bridgehead atoms. The second kappa shape index (κ2) is 5.71. The van der Waals surface area contributed by atoms with E-state index < -0.39 is 0 Å². The standard InChI is InChI=1S/C18H25NO2/c1-2-4-14(5-3-1)16-12-17(16)19-15-6-9-21-18(13-15)7-10-20-11-8-18/h1-5,15-17,19H,6-13H2. The summed E-state index contributed by atoms with van der Waals surface area (Å²) in [7, 11) is 0. The van der Waals surface area contributed by atoms with Gasteiger partial charge >= 0.3 is 0 Å². The first-order chi connectivity index (χ1) is 10.3. The van der Waals surface area contributed by atoms with Crippen molar-refractivity contribution in [2.75, 3.05) is 19.8 Å². The molecule has 1 aliphatic carbocycles. The largest absolute Gasteiger partial charge is 0.381 e. The van der Waals surface area contributed by atoms with Gasteiger partial charge < -0.3 is 14.8 Å². The number of benzene rings is 1. The van der Waals surface area contributed by atoms with Crippen molar-refractivity contribution >= 4 is 0 Å². The minimum Gasteiger partial charge on any atom is -0.381 e. The molecule has 1 aromatic carbocycles. The van der Waals surface area contributed by atoms with Crippen LogP contribution in [0.5, 0.6) is 0 Å². The summed E-state index contributed by atoms with van der Waals surface area (Å²) in [5, 5.41) is 3.89. The van der Waals surface area contributed by atoms with Crippen molar-refractivity contribution in [3.63, 3.8) is 0 Å². The van der Waals surface area contributed by atoms with Crippen LogP contribution in [0, 0.1) is 0 Å².